The van der Waals surface area contributed by atoms with E-state index in [2.05, 4.69) is 28.2 Å². The fourth-order valence-electron chi connectivity index (χ4n) is 2.54. The van der Waals surface area contributed by atoms with Crippen LogP contribution in [0.1, 0.15) is 29.7 Å². The highest BCUT2D eigenvalue weighted by molar-refractivity contribution is 6.30. The van der Waals surface area contributed by atoms with Crippen LogP contribution in [0.25, 0.3) is 6.08 Å². The molecule has 108 valence electrons. The van der Waals surface area contributed by atoms with Gasteiger partial charge >= 0.3 is 0 Å². The predicted molar refractivity (Wildman–Crippen MR) is 87.0 cm³/mol. The first-order valence-electron chi connectivity index (χ1n) is 6.85. The van der Waals surface area contributed by atoms with Crippen molar-refractivity contribution in [2.75, 3.05) is 11.5 Å². The fraction of sp³-hybridized carbons (Fsp3) is 0.250. The van der Waals surface area contributed by atoms with E-state index in [1.807, 2.05) is 25.1 Å². The van der Waals surface area contributed by atoms with Gasteiger partial charge in [0, 0.05) is 16.0 Å². The largest absolute Gasteiger partial charge is 0.383 e. The number of nitrogen functional groups attached to an aromatic ring is 2. The second-order valence-electron chi connectivity index (χ2n) is 5.46. The average Bonchev–Trinajstić information content (AvgIpc) is 3.19. The predicted octanol–water partition coefficient (Wildman–Crippen LogP) is 3.35. The molecule has 0 radical (unpaired) electrons. The molecule has 1 fully saturated rings. The van der Waals surface area contributed by atoms with Gasteiger partial charge in [-0.1, -0.05) is 35.9 Å². The number of benzene rings is 1. The van der Waals surface area contributed by atoms with Crippen LogP contribution >= 0.6 is 11.6 Å². The van der Waals surface area contributed by atoms with Crippen molar-refractivity contribution >= 4 is 29.4 Å². The highest BCUT2D eigenvalue weighted by atomic mass is 35.5. The third-order valence-electron chi connectivity index (χ3n) is 3.96. The number of aryl methyl sites for hydroxylation is 1. The normalized spacial score (nSPS) is 16.3. The van der Waals surface area contributed by atoms with Crippen molar-refractivity contribution in [2.24, 2.45) is 0 Å². The van der Waals surface area contributed by atoms with Gasteiger partial charge in [0.15, 0.2) is 0 Å². The van der Waals surface area contributed by atoms with Gasteiger partial charge in [0.05, 0.1) is 5.69 Å². The molecule has 1 aliphatic carbocycles. The van der Waals surface area contributed by atoms with Gasteiger partial charge in [-0.2, -0.15) is 4.98 Å². The molecule has 2 aromatic rings. The monoisotopic (exact) mass is 300 g/mol. The lowest BCUT2D eigenvalue weighted by molar-refractivity contribution is 0.896. The van der Waals surface area contributed by atoms with Gasteiger partial charge in [-0.05, 0) is 37.5 Å². The molecule has 1 heterocycles. The van der Waals surface area contributed by atoms with Crippen molar-refractivity contribution < 1.29 is 0 Å². The maximum absolute atomic E-state index is 5.95. The molecule has 1 saturated carbocycles. The summed E-state index contributed by atoms with van der Waals surface area (Å²) in [6.45, 7) is 1.88. The summed E-state index contributed by atoms with van der Waals surface area (Å²) in [4.78, 5) is 8.17. The Balaban J connectivity index is 1.91. The molecule has 1 aromatic heterocycles. The smallest absolute Gasteiger partial charge is 0.222 e. The maximum atomic E-state index is 5.95. The van der Waals surface area contributed by atoms with Crippen LogP contribution in [0, 0.1) is 6.92 Å². The van der Waals surface area contributed by atoms with Crippen LogP contribution in [0.2, 0.25) is 5.02 Å². The Hall–Kier alpha value is -2.07. The lowest BCUT2D eigenvalue weighted by atomic mass is 9.94. The van der Waals surface area contributed by atoms with E-state index in [4.69, 9.17) is 23.1 Å². The maximum Gasteiger partial charge on any atom is 0.222 e. The standard InChI is InChI=1S/C16H17ClN4/c1-10-13(14(18)21-15(19)20-10)6-7-16(8-9-16)11-2-4-12(17)5-3-11/h2-7H,8-9H2,1H3,(H4,18,19,20,21)/b7-6+. The van der Waals surface area contributed by atoms with Crippen LogP contribution in [0.4, 0.5) is 11.8 Å². The van der Waals surface area contributed by atoms with Crippen molar-refractivity contribution in [1.82, 2.24) is 9.97 Å². The number of nitrogens with zero attached hydrogens (tertiary/aromatic N) is 2. The van der Waals surface area contributed by atoms with Crippen LogP contribution in [-0.2, 0) is 5.41 Å². The van der Waals surface area contributed by atoms with Crippen LogP contribution in [0.15, 0.2) is 30.3 Å². The Morgan fingerprint density at radius 2 is 1.81 bits per heavy atom. The van der Waals surface area contributed by atoms with Gasteiger partial charge in [0.1, 0.15) is 5.82 Å². The minimum Gasteiger partial charge on any atom is -0.383 e. The number of hydrogen-bond acceptors (Lipinski definition) is 4. The first-order valence-corrected chi connectivity index (χ1v) is 7.23. The molecule has 4 nitrogen and oxygen atoms in total. The van der Waals surface area contributed by atoms with Gasteiger partial charge < -0.3 is 11.5 Å². The molecular weight excluding hydrogens is 284 g/mol. The zero-order valence-corrected chi connectivity index (χ0v) is 12.6. The molecule has 0 unspecified atom stereocenters. The summed E-state index contributed by atoms with van der Waals surface area (Å²) >= 11 is 5.95. The lowest BCUT2D eigenvalue weighted by Gasteiger charge is -2.11. The van der Waals surface area contributed by atoms with Crippen molar-refractivity contribution in [3.63, 3.8) is 0 Å². The summed E-state index contributed by atoms with van der Waals surface area (Å²) in [5, 5.41) is 0.755. The summed E-state index contributed by atoms with van der Waals surface area (Å²) in [6.07, 6.45) is 6.44. The van der Waals surface area contributed by atoms with E-state index in [0.29, 0.717) is 5.82 Å². The second kappa shape index (κ2) is 5.04. The first kappa shape index (κ1) is 13.9. The van der Waals surface area contributed by atoms with Crippen LogP contribution < -0.4 is 11.5 Å². The van der Waals surface area contributed by atoms with Crippen molar-refractivity contribution in [2.45, 2.75) is 25.2 Å². The lowest BCUT2D eigenvalue weighted by Crippen LogP contribution is -2.05. The minimum atomic E-state index is 0.0881. The SMILES string of the molecule is Cc1nc(N)nc(N)c1/C=C/C1(c2ccc(Cl)cc2)CC1. The quantitative estimate of drug-likeness (QED) is 0.911. The van der Waals surface area contributed by atoms with Crippen LogP contribution in [0.5, 0.6) is 0 Å². The van der Waals surface area contributed by atoms with Crippen LogP contribution in [0.3, 0.4) is 0 Å². The Kier molecular flexibility index (Phi) is 3.33. The molecule has 0 aliphatic heterocycles. The summed E-state index contributed by atoms with van der Waals surface area (Å²) in [5.74, 6) is 0.629. The Bertz CT molecular complexity index is 680. The number of aromatic nitrogens is 2. The zero-order chi connectivity index (χ0) is 15.0. The first-order chi connectivity index (χ1) is 10.00. The number of allylic oxidation sites excluding steroid dienone is 1. The van der Waals surface area contributed by atoms with Gasteiger partial charge in [-0.3, -0.25) is 0 Å². The zero-order valence-electron chi connectivity index (χ0n) is 11.8. The van der Waals surface area contributed by atoms with Crippen LogP contribution in [-0.4, -0.2) is 9.97 Å². The minimum absolute atomic E-state index is 0.0881. The van der Waals surface area contributed by atoms with E-state index in [9.17, 15) is 0 Å². The van der Waals surface area contributed by atoms with Crippen molar-refractivity contribution in [1.29, 1.82) is 0 Å². The third kappa shape index (κ3) is 2.72. The third-order valence-corrected chi connectivity index (χ3v) is 4.21. The topological polar surface area (TPSA) is 77.8 Å². The van der Waals surface area contributed by atoms with E-state index >= 15 is 0 Å². The molecule has 0 spiro atoms. The average molecular weight is 301 g/mol. The van der Waals surface area contributed by atoms with E-state index in [1.165, 1.54) is 5.56 Å². The van der Waals surface area contributed by atoms with Gasteiger partial charge in [0.25, 0.3) is 0 Å². The molecule has 0 amide bonds. The summed E-state index contributed by atoms with van der Waals surface area (Å²) in [7, 11) is 0. The molecule has 4 N–H and O–H groups in total. The number of halogens is 1. The molecule has 21 heavy (non-hydrogen) atoms. The molecule has 1 aliphatic rings. The molecule has 3 rings (SSSR count). The molecule has 1 aromatic carbocycles. The summed E-state index contributed by atoms with van der Waals surface area (Å²) in [5.41, 5.74) is 14.5. The number of nitrogens with two attached hydrogens (primary N) is 2. The Morgan fingerprint density at radius 3 is 2.38 bits per heavy atom. The van der Waals surface area contributed by atoms with Gasteiger partial charge in [0.2, 0.25) is 5.95 Å². The number of hydrogen-bond donors (Lipinski definition) is 2. The summed E-state index contributed by atoms with van der Waals surface area (Å²) in [6, 6.07) is 8.01. The molecule has 5 heteroatoms. The van der Waals surface area contributed by atoms with E-state index in [0.717, 1.165) is 29.1 Å². The highest BCUT2D eigenvalue weighted by Gasteiger charge is 2.41. The van der Waals surface area contributed by atoms with Crippen molar-refractivity contribution in [3.05, 3.63) is 52.2 Å². The Morgan fingerprint density at radius 1 is 1.14 bits per heavy atom. The number of rotatable bonds is 3. The van der Waals surface area contributed by atoms with E-state index < -0.39 is 0 Å². The molecule has 0 bridgehead atoms. The fourth-order valence-corrected chi connectivity index (χ4v) is 2.67. The molecule has 0 atom stereocenters. The number of anilines is 2. The van der Waals surface area contributed by atoms with Gasteiger partial charge in [-0.15, -0.1) is 0 Å². The second-order valence-corrected chi connectivity index (χ2v) is 5.90. The van der Waals surface area contributed by atoms with E-state index in [1.54, 1.807) is 0 Å². The molecule has 0 saturated heterocycles. The van der Waals surface area contributed by atoms with E-state index in [-0.39, 0.29) is 11.4 Å². The van der Waals surface area contributed by atoms with Crippen molar-refractivity contribution in [3.8, 4) is 0 Å². The summed E-state index contributed by atoms with van der Waals surface area (Å²) < 4.78 is 0. The Labute approximate surface area is 128 Å². The highest BCUT2D eigenvalue weighted by Crippen LogP contribution is 2.50. The molecular formula is C16H17ClN4. The van der Waals surface area contributed by atoms with Gasteiger partial charge in [-0.25, -0.2) is 4.98 Å².